The summed E-state index contributed by atoms with van der Waals surface area (Å²) >= 11 is 12.0. The van der Waals surface area contributed by atoms with Crippen molar-refractivity contribution in [2.75, 3.05) is 7.11 Å². The van der Waals surface area contributed by atoms with Gasteiger partial charge in [-0.25, -0.2) is 0 Å². The number of ether oxygens (including phenoxy) is 1. The van der Waals surface area contributed by atoms with Crippen LogP contribution >= 0.6 is 23.2 Å². The molecule has 2 aromatic carbocycles. The maximum absolute atomic E-state index is 6.29. The van der Waals surface area contributed by atoms with E-state index in [1.807, 2.05) is 24.3 Å². The van der Waals surface area contributed by atoms with Crippen LogP contribution in [-0.2, 0) is 0 Å². The van der Waals surface area contributed by atoms with Crippen LogP contribution in [0, 0.1) is 0 Å². The van der Waals surface area contributed by atoms with E-state index in [2.05, 4.69) is 0 Å². The molecule has 1 heterocycles. The summed E-state index contributed by atoms with van der Waals surface area (Å²) in [7, 11) is 1.58. The van der Waals surface area contributed by atoms with Gasteiger partial charge in [-0.05, 0) is 36.4 Å². The summed E-state index contributed by atoms with van der Waals surface area (Å²) in [4.78, 5) is 0. The van der Waals surface area contributed by atoms with Crippen molar-refractivity contribution in [2.24, 2.45) is 5.73 Å². The highest BCUT2D eigenvalue weighted by Crippen LogP contribution is 2.33. The smallest absolute Gasteiger partial charge is 0.134 e. The summed E-state index contributed by atoms with van der Waals surface area (Å²) in [6.45, 7) is 0. The summed E-state index contributed by atoms with van der Waals surface area (Å²) in [5.74, 6) is 1.28. The summed E-state index contributed by atoms with van der Waals surface area (Å²) < 4.78 is 11.1. The Morgan fingerprint density at radius 1 is 1.05 bits per heavy atom. The fraction of sp³-hybridized carbons (Fsp3) is 0.125. The van der Waals surface area contributed by atoms with Gasteiger partial charge in [-0.1, -0.05) is 29.3 Å². The minimum Gasteiger partial charge on any atom is -0.496 e. The highest BCUT2D eigenvalue weighted by atomic mass is 35.5. The molecular formula is C16H13Cl2NO2. The first-order chi connectivity index (χ1) is 10.1. The molecule has 3 nitrogen and oxygen atoms in total. The van der Waals surface area contributed by atoms with E-state index in [9.17, 15) is 0 Å². The van der Waals surface area contributed by atoms with Crippen molar-refractivity contribution in [1.82, 2.24) is 0 Å². The van der Waals surface area contributed by atoms with Crippen molar-refractivity contribution >= 4 is 34.2 Å². The number of nitrogens with two attached hydrogens (primary N) is 1. The summed E-state index contributed by atoms with van der Waals surface area (Å²) in [6, 6.07) is 12.2. The van der Waals surface area contributed by atoms with E-state index in [4.69, 9.17) is 38.1 Å². The van der Waals surface area contributed by atoms with Crippen molar-refractivity contribution in [3.05, 3.63) is 63.8 Å². The Bertz CT molecular complexity index is 798. The molecule has 108 valence electrons. The van der Waals surface area contributed by atoms with Crippen molar-refractivity contribution < 1.29 is 9.15 Å². The molecule has 0 aliphatic carbocycles. The molecule has 3 aromatic rings. The van der Waals surface area contributed by atoms with E-state index >= 15 is 0 Å². The molecule has 1 aromatic heterocycles. The van der Waals surface area contributed by atoms with Gasteiger partial charge < -0.3 is 14.9 Å². The zero-order valence-corrected chi connectivity index (χ0v) is 12.8. The molecule has 0 bridgehead atoms. The van der Waals surface area contributed by atoms with Crippen molar-refractivity contribution in [2.45, 2.75) is 6.04 Å². The second kappa shape index (κ2) is 5.60. The van der Waals surface area contributed by atoms with Gasteiger partial charge in [0.15, 0.2) is 0 Å². The Labute approximate surface area is 132 Å². The van der Waals surface area contributed by atoms with Crippen molar-refractivity contribution in [1.29, 1.82) is 0 Å². The van der Waals surface area contributed by atoms with Crippen molar-refractivity contribution in [3.63, 3.8) is 0 Å². The highest BCUT2D eigenvalue weighted by molar-refractivity contribution is 6.31. The second-order valence-electron chi connectivity index (χ2n) is 4.69. The zero-order chi connectivity index (χ0) is 15.0. The molecule has 0 aliphatic heterocycles. The number of furan rings is 1. The van der Waals surface area contributed by atoms with Gasteiger partial charge in [0.05, 0.1) is 13.2 Å². The van der Waals surface area contributed by atoms with Gasteiger partial charge in [0, 0.05) is 21.0 Å². The molecule has 0 spiro atoms. The predicted molar refractivity (Wildman–Crippen MR) is 85.3 cm³/mol. The Morgan fingerprint density at radius 2 is 1.76 bits per heavy atom. The minimum atomic E-state index is -0.441. The third kappa shape index (κ3) is 2.72. The molecule has 0 fully saturated rings. The molecule has 5 heteroatoms. The quantitative estimate of drug-likeness (QED) is 0.754. The molecule has 0 saturated carbocycles. The summed E-state index contributed by atoms with van der Waals surface area (Å²) in [5.41, 5.74) is 7.85. The standard InChI is InChI=1S/C16H13Cl2NO2/c1-20-14-8-11(18)2-4-12(14)16(19)15-7-9-6-10(17)3-5-13(9)21-15/h2-8,16H,19H2,1H3. The molecular weight excluding hydrogens is 309 g/mol. The number of halogens is 2. The molecule has 21 heavy (non-hydrogen) atoms. The van der Waals surface area contributed by atoms with E-state index in [1.54, 1.807) is 25.3 Å². The fourth-order valence-corrected chi connectivity index (χ4v) is 2.63. The lowest BCUT2D eigenvalue weighted by Crippen LogP contribution is -2.12. The topological polar surface area (TPSA) is 48.4 Å². The first-order valence-electron chi connectivity index (χ1n) is 6.36. The van der Waals surface area contributed by atoms with Crippen LogP contribution in [0.15, 0.2) is 46.9 Å². The lowest BCUT2D eigenvalue weighted by atomic mass is 10.0. The number of methoxy groups -OCH3 is 1. The highest BCUT2D eigenvalue weighted by Gasteiger charge is 2.18. The van der Waals surface area contributed by atoms with Gasteiger partial charge in [-0.2, -0.15) is 0 Å². The zero-order valence-electron chi connectivity index (χ0n) is 11.3. The Kier molecular flexibility index (Phi) is 3.81. The van der Waals surface area contributed by atoms with Gasteiger partial charge in [-0.15, -0.1) is 0 Å². The monoisotopic (exact) mass is 321 g/mol. The number of hydrogen-bond acceptors (Lipinski definition) is 3. The lowest BCUT2D eigenvalue weighted by molar-refractivity contribution is 0.404. The minimum absolute atomic E-state index is 0.441. The maximum Gasteiger partial charge on any atom is 0.134 e. The van der Waals surface area contributed by atoms with Gasteiger partial charge in [-0.3, -0.25) is 0 Å². The number of hydrogen-bond donors (Lipinski definition) is 1. The molecule has 0 radical (unpaired) electrons. The predicted octanol–water partition coefficient (Wildman–Crippen LogP) is 4.80. The van der Waals surface area contributed by atoms with Crippen LogP contribution < -0.4 is 10.5 Å². The molecule has 0 amide bonds. The van der Waals surface area contributed by atoms with E-state index in [0.717, 1.165) is 16.5 Å². The summed E-state index contributed by atoms with van der Waals surface area (Å²) in [5, 5.41) is 2.17. The lowest BCUT2D eigenvalue weighted by Gasteiger charge is -2.13. The second-order valence-corrected chi connectivity index (χ2v) is 5.57. The maximum atomic E-state index is 6.29. The molecule has 1 unspecified atom stereocenters. The normalized spacial score (nSPS) is 12.6. The van der Waals surface area contributed by atoms with Crippen LogP contribution in [0.3, 0.4) is 0 Å². The van der Waals surface area contributed by atoms with Gasteiger partial charge >= 0.3 is 0 Å². The van der Waals surface area contributed by atoms with Crippen LogP contribution in [0.1, 0.15) is 17.4 Å². The van der Waals surface area contributed by atoms with Crippen LogP contribution in [0.5, 0.6) is 5.75 Å². The van der Waals surface area contributed by atoms with Gasteiger partial charge in [0.25, 0.3) is 0 Å². The Morgan fingerprint density at radius 3 is 2.52 bits per heavy atom. The summed E-state index contributed by atoms with van der Waals surface area (Å²) in [6.07, 6.45) is 0. The third-order valence-electron chi connectivity index (χ3n) is 3.33. The van der Waals surface area contributed by atoms with Crippen LogP contribution in [0.4, 0.5) is 0 Å². The third-order valence-corrected chi connectivity index (χ3v) is 3.80. The van der Waals surface area contributed by atoms with Crippen molar-refractivity contribution in [3.8, 4) is 5.75 Å². The molecule has 0 saturated heterocycles. The van der Waals surface area contributed by atoms with E-state index in [-0.39, 0.29) is 0 Å². The van der Waals surface area contributed by atoms with Gasteiger partial charge in [0.2, 0.25) is 0 Å². The van der Waals surface area contributed by atoms with E-state index in [1.165, 1.54) is 0 Å². The molecule has 2 N–H and O–H groups in total. The largest absolute Gasteiger partial charge is 0.496 e. The fourth-order valence-electron chi connectivity index (χ4n) is 2.28. The molecule has 0 aliphatic rings. The number of rotatable bonds is 3. The molecule has 1 atom stereocenters. The van der Waals surface area contributed by atoms with Crippen LogP contribution in [-0.4, -0.2) is 7.11 Å². The van der Waals surface area contributed by atoms with Crippen LogP contribution in [0.2, 0.25) is 10.0 Å². The average molecular weight is 322 g/mol. The SMILES string of the molecule is COc1cc(Cl)ccc1C(N)c1cc2cc(Cl)ccc2o1. The van der Waals surface area contributed by atoms with Gasteiger partial charge in [0.1, 0.15) is 17.1 Å². The first kappa shape index (κ1) is 14.3. The number of benzene rings is 2. The Hall–Kier alpha value is -1.68. The number of fused-ring (bicyclic) bond motifs is 1. The Balaban J connectivity index is 2.05. The molecule has 3 rings (SSSR count). The van der Waals surface area contributed by atoms with E-state index < -0.39 is 6.04 Å². The van der Waals surface area contributed by atoms with Crippen LogP contribution in [0.25, 0.3) is 11.0 Å². The first-order valence-corrected chi connectivity index (χ1v) is 7.12. The van der Waals surface area contributed by atoms with E-state index in [0.29, 0.717) is 21.6 Å². The average Bonchev–Trinajstić information content (AvgIpc) is 2.89.